The van der Waals surface area contributed by atoms with Crippen molar-refractivity contribution in [1.82, 2.24) is 19.9 Å². The molecule has 0 atom stereocenters. The zero-order chi connectivity index (χ0) is 15.8. The van der Waals surface area contributed by atoms with Gasteiger partial charge in [-0.25, -0.2) is 19.9 Å². The Balaban J connectivity index is 2.46. The molecule has 0 aromatic carbocycles. The summed E-state index contributed by atoms with van der Waals surface area (Å²) in [6, 6.07) is 1.51. The Kier molecular flexibility index (Phi) is 3.91. The van der Waals surface area contributed by atoms with Gasteiger partial charge in [0.1, 0.15) is 28.3 Å². The summed E-state index contributed by atoms with van der Waals surface area (Å²) in [4.78, 5) is 17.2. The van der Waals surface area contributed by atoms with Crippen LogP contribution in [-0.2, 0) is 5.41 Å². The lowest BCUT2D eigenvalue weighted by atomic mass is 9.95. The van der Waals surface area contributed by atoms with E-state index in [1.54, 1.807) is 0 Å². The van der Waals surface area contributed by atoms with Crippen LogP contribution in [-0.4, -0.2) is 19.9 Å². The van der Waals surface area contributed by atoms with Gasteiger partial charge in [0, 0.05) is 17.0 Å². The SMILES string of the molecule is Cc1c(N)nc(C(C)(C)C)nc1Sc1nc(N)cc(N)n1. The van der Waals surface area contributed by atoms with E-state index >= 15 is 0 Å². The Morgan fingerprint density at radius 1 is 0.952 bits per heavy atom. The van der Waals surface area contributed by atoms with Crippen LogP contribution in [0.3, 0.4) is 0 Å². The third-order valence-corrected chi connectivity index (χ3v) is 3.70. The second kappa shape index (κ2) is 5.36. The van der Waals surface area contributed by atoms with Crippen LogP contribution in [0.1, 0.15) is 32.2 Å². The number of nitrogens with two attached hydrogens (primary N) is 3. The molecule has 2 heterocycles. The van der Waals surface area contributed by atoms with E-state index < -0.39 is 0 Å². The normalized spacial score (nSPS) is 11.6. The maximum atomic E-state index is 5.98. The van der Waals surface area contributed by atoms with Gasteiger partial charge in [0.25, 0.3) is 0 Å². The molecule has 2 aromatic rings. The van der Waals surface area contributed by atoms with Crippen molar-refractivity contribution in [2.45, 2.75) is 43.3 Å². The Morgan fingerprint density at radius 3 is 2.05 bits per heavy atom. The maximum absolute atomic E-state index is 5.98. The minimum absolute atomic E-state index is 0.202. The highest BCUT2D eigenvalue weighted by molar-refractivity contribution is 7.99. The fourth-order valence-electron chi connectivity index (χ4n) is 1.54. The van der Waals surface area contributed by atoms with E-state index in [9.17, 15) is 0 Å². The minimum atomic E-state index is -0.202. The van der Waals surface area contributed by atoms with Crippen molar-refractivity contribution < 1.29 is 0 Å². The molecule has 0 bridgehead atoms. The summed E-state index contributed by atoms with van der Waals surface area (Å²) in [5.74, 6) is 1.76. The number of hydrogen-bond donors (Lipinski definition) is 3. The molecule has 0 fully saturated rings. The lowest BCUT2D eigenvalue weighted by molar-refractivity contribution is 0.538. The topological polar surface area (TPSA) is 130 Å². The quantitative estimate of drug-likeness (QED) is 0.565. The molecule has 7 nitrogen and oxygen atoms in total. The van der Waals surface area contributed by atoms with Gasteiger partial charge in [0.15, 0.2) is 5.16 Å². The van der Waals surface area contributed by atoms with Crippen LogP contribution in [0.2, 0.25) is 0 Å². The van der Waals surface area contributed by atoms with E-state index in [2.05, 4.69) is 19.9 Å². The molecule has 0 amide bonds. The molecule has 112 valence electrons. The predicted octanol–water partition coefficient (Wildman–Crippen LogP) is 1.77. The molecule has 2 aromatic heterocycles. The van der Waals surface area contributed by atoms with Crippen molar-refractivity contribution in [1.29, 1.82) is 0 Å². The van der Waals surface area contributed by atoms with E-state index in [4.69, 9.17) is 17.2 Å². The summed E-state index contributed by atoms with van der Waals surface area (Å²) in [5, 5.41) is 1.14. The van der Waals surface area contributed by atoms with E-state index in [1.807, 2.05) is 27.7 Å². The van der Waals surface area contributed by atoms with Gasteiger partial charge in [0.2, 0.25) is 0 Å². The van der Waals surface area contributed by atoms with Crippen LogP contribution >= 0.6 is 11.8 Å². The first kappa shape index (κ1) is 15.3. The van der Waals surface area contributed by atoms with Gasteiger partial charge in [0.05, 0.1) is 0 Å². The first-order valence-electron chi connectivity index (χ1n) is 6.39. The largest absolute Gasteiger partial charge is 0.383 e. The molecule has 21 heavy (non-hydrogen) atoms. The third-order valence-electron chi connectivity index (χ3n) is 2.74. The van der Waals surface area contributed by atoms with E-state index in [0.717, 1.165) is 5.56 Å². The monoisotopic (exact) mass is 305 g/mol. The highest BCUT2D eigenvalue weighted by Gasteiger charge is 2.21. The summed E-state index contributed by atoms with van der Waals surface area (Å²) in [7, 11) is 0. The fraction of sp³-hybridized carbons (Fsp3) is 0.385. The van der Waals surface area contributed by atoms with Crippen molar-refractivity contribution in [3.63, 3.8) is 0 Å². The van der Waals surface area contributed by atoms with Gasteiger partial charge < -0.3 is 17.2 Å². The average Bonchev–Trinajstić information content (AvgIpc) is 2.32. The predicted molar refractivity (Wildman–Crippen MR) is 84.9 cm³/mol. The lowest BCUT2D eigenvalue weighted by Crippen LogP contribution is -2.18. The first-order valence-corrected chi connectivity index (χ1v) is 7.21. The molecule has 0 aliphatic rings. The van der Waals surface area contributed by atoms with Crippen LogP contribution in [0.25, 0.3) is 0 Å². The van der Waals surface area contributed by atoms with Crippen molar-refractivity contribution in [2.75, 3.05) is 17.2 Å². The molecule has 0 radical (unpaired) electrons. The molecular weight excluding hydrogens is 286 g/mol. The maximum Gasteiger partial charge on any atom is 0.197 e. The summed E-state index contributed by atoms with van der Waals surface area (Å²) in [5.41, 5.74) is 17.9. The van der Waals surface area contributed by atoms with Gasteiger partial charge in [-0.15, -0.1) is 0 Å². The Hall–Kier alpha value is -2.09. The van der Waals surface area contributed by atoms with Gasteiger partial charge in [-0.1, -0.05) is 20.8 Å². The standard InChI is InChI=1S/C13H19N7S/c1-6-9(16)19-11(13(2,3)4)20-10(6)21-12-17-7(14)5-8(15)18-12/h5H,1-4H3,(H2,16,19,20)(H4,14,15,17,18). The zero-order valence-electron chi connectivity index (χ0n) is 12.5. The van der Waals surface area contributed by atoms with Crippen molar-refractivity contribution in [2.24, 2.45) is 0 Å². The molecule has 8 heteroatoms. The van der Waals surface area contributed by atoms with Crippen LogP contribution in [0, 0.1) is 6.92 Å². The second-order valence-electron chi connectivity index (χ2n) is 5.71. The molecule has 6 N–H and O–H groups in total. The summed E-state index contributed by atoms with van der Waals surface area (Å²) in [6.45, 7) is 7.95. The molecule has 0 aliphatic carbocycles. The number of anilines is 3. The average molecular weight is 305 g/mol. The van der Waals surface area contributed by atoms with Gasteiger partial charge in [-0.3, -0.25) is 0 Å². The molecule has 0 unspecified atom stereocenters. The van der Waals surface area contributed by atoms with Crippen molar-refractivity contribution >= 4 is 29.2 Å². The summed E-state index contributed by atoms with van der Waals surface area (Å²) < 4.78 is 0. The molecule has 2 rings (SSSR count). The van der Waals surface area contributed by atoms with Gasteiger partial charge >= 0.3 is 0 Å². The first-order chi connectivity index (χ1) is 9.66. The molecular formula is C13H19N7S. The lowest BCUT2D eigenvalue weighted by Gasteiger charge is -2.18. The molecule has 0 spiro atoms. The van der Waals surface area contributed by atoms with Gasteiger partial charge in [-0.05, 0) is 18.7 Å². The van der Waals surface area contributed by atoms with Crippen molar-refractivity contribution in [3.05, 3.63) is 17.5 Å². The van der Waals surface area contributed by atoms with Crippen LogP contribution in [0.4, 0.5) is 17.5 Å². The summed E-state index contributed by atoms with van der Waals surface area (Å²) in [6.07, 6.45) is 0. The summed E-state index contributed by atoms with van der Waals surface area (Å²) >= 11 is 1.27. The minimum Gasteiger partial charge on any atom is -0.383 e. The Bertz CT molecular complexity index is 659. The van der Waals surface area contributed by atoms with Crippen LogP contribution in [0.15, 0.2) is 16.2 Å². The number of nitrogens with zero attached hydrogens (tertiary/aromatic N) is 4. The number of aromatic nitrogens is 4. The van der Waals surface area contributed by atoms with Crippen molar-refractivity contribution in [3.8, 4) is 0 Å². The van der Waals surface area contributed by atoms with E-state index in [1.165, 1.54) is 17.8 Å². The van der Waals surface area contributed by atoms with E-state index in [0.29, 0.717) is 33.5 Å². The van der Waals surface area contributed by atoms with Crippen LogP contribution in [0.5, 0.6) is 0 Å². The number of nitrogen functional groups attached to an aromatic ring is 3. The third kappa shape index (κ3) is 3.52. The fourth-order valence-corrected chi connectivity index (χ4v) is 2.41. The smallest absolute Gasteiger partial charge is 0.197 e. The Labute approximate surface area is 127 Å². The second-order valence-corrected chi connectivity index (χ2v) is 6.67. The molecule has 0 saturated heterocycles. The van der Waals surface area contributed by atoms with Gasteiger partial charge in [-0.2, -0.15) is 0 Å². The van der Waals surface area contributed by atoms with Crippen LogP contribution < -0.4 is 17.2 Å². The van der Waals surface area contributed by atoms with E-state index in [-0.39, 0.29) is 5.41 Å². The molecule has 0 aliphatic heterocycles. The zero-order valence-corrected chi connectivity index (χ0v) is 13.3. The highest BCUT2D eigenvalue weighted by atomic mass is 32.2. The Morgan fingerprint density at radius 2 is 1.52 bits per heavy atom. The number of hydrogen-bond acceptors (Lipinski definition) is 8. The number of rotatable bonds is 2. The highest BCUT2D eigenvalue weighted by Crippen LogP contribution is 2.31. The molecule has 0 saturated carbocycles.